The quantitative estimate of drug-likeness (QED) is 0.305. The Morgan fingerprint density at radius 1 is 0.914 bits per heavy atom. The Morgan fingerprint density at radius 3 is 2.20 bits per heavy atom. The van der Waals surface area contributed by atoms with E-state index in [0.29, 0.717) is 18.2 Å². The zero-order chi connectivity index (χ0) is 25.6. The van der Waals surface area contributed by atoms with Crippen LogP contribution >= 0.6 is 0 Å². The maximum atomic E-state index is 9.24. The van der Waals surface area contributed by atoms with Gasteiger partial charge in [0.25, 0.3) is 0 Å². The smallest absolute Gasteiger partial charge is 0.130 e. The van der Waals surface area contributed by atoms with Gasteiger partial charge >= 0.3 is 0 Å². The van der Waals surface area contributed by atoms with Crippen molar-refractivity contribution in [1.82, 2.24) is 25.3 Å². The number of anilines is 2. The Balaban J connectivity index is 0.000000213. The highest BCUT2D eigenvalue weighted by Gasteiger charge is 2.19. The lowest BCUT2D eigenvalue weighted by Crippen LogP contribution is -2.33. The number of aromatic nitrogens is 4. The molecule has 35 heavy (non-hydrogen) atoms. The second-order valence-corrected chi connectivity index (χ2v) is 8.53. The Kier molecular flexibility index (Phi) is 12.3. The summed E-state index contributed by atoms with van der Waals surface area (Å²) in [7, 11) is 0. The molecule has 0 aromatic carbocycles. The van der Waals surface area contributed by atoms with Gasteiger partial charge in [-0.25, -0.2) is 19.9 Å². The van der Waals surface area contributed by atoms with Crippen molar-refractivity contribution in [2.75, 3.05) is 31.2 Å². The van der Waals surface area contributed by atoms with Crippen LogP contribution in [0.15, 0.2) is 24.8 Å². The van der Waals surface area contributed by atoms with Crippen molar-refractivity contribution in [3.05, 3.63) is 47.3 Å². The summed E-state index contributed by atoms with van der Waals surface area (Å²) in [4.78, 5) is 16.2. The minimum atomic E-state index is 0.00463. The van der Waals surface area contributed by atoms with Crippen LogP contribution in [-0.2, 0) is 12.8 Å². The number of nitrogen functional groups attached to an aromatic ring is 2. The fraction of sp³-hybridized carbons (Fsp3) is 0.520. The van der Waals surface area contributed by atoms with Crippen molar-refractivity contribution in [3.63, 3.8) is 0 Å². The van der Waals surface area contributed by atoms with Crippen molar-refractivity contribution in [3.8, 4) is 0 Å². The molecule has 2 heterocycles. The Hall–Kier alpha value is -2.92. The molecule has 0 saturated heterocycles. The molecule has 10 nitrogen and oxygen atoms in total. The second-order valence-electron chi connectivity index (χ2n) is 8.53. The van der Waals surface area contributed by atoms with Gasteiger partial charge in [0.1, 0.15) is 24.3 Å². The first-order chi connectivity index (χ1) is 16.9. The van der Waals surface area contributed by atoms with Crippen LogP contribution < -0.4 is 22.5 Å². The second kappa shape index (κ2) is 15.2. The number of aliphatic hydroxyl groups is 2. The molecule has 0 amide bonds. The molecule has 10 heteroatoms. The normalized spacial score (nSPS) is 14.6. The van der Waals surface area contributed by atoms with Crippen molar-refractivity contribution in [1.29, 1.82) is 0 Å². The van der Waals surface area contributed by atoms with Crippen LogP contribution in [0.4, 0.5) is 11.6 Å². The summed E-state index contributed by atoms with van der Waals surface area (Å²) < 4.78 is 0. The molecule has 192 valence electrons. The molecular weight excluding hydrogens is 444 g/mol. The summed E-state index contributed by atoms with van der Waals surface area (Å²) in [5.41, 5.74) is 21.9. The van der Waals surface area contributed by atoms with E-state index in [4.69, 9.17) is 22.3 Å². The van der Waals surface area contributed by atoms with Crippen LogP contribution in [0.2, 0.25) is 0 Å². The van der Waals surface area contributed by atoms with Crippen molar-refractivity contribution >= 4 is 23.3 Å². The third kappa shape index (κ3) is 8.66. The molecule has 9 N–H and O–H groups in total. The number of hydrogen-bond donors (Lipinski definition) is 6. The van der Waals surface area contributed by atoms with Crippen LogP contribution in [0.5, 0.6) is 0 Å². The van der Waals surface area contributed by atoms with E-state index in [2.05, 4.69) is 45.2 Å². The third-order valence-corrected chi connectivity index (χ3v) is 5.78. The molecule has 0 radical (unpaired) electrons. The molecule has 0 saturated carbocycles. The number of aliphatic hydroxyl groups excluding tert-OH is 2. The van der Waals surface area contributed by atoms with Crippen LogP contribution in [0.25, 0.3) is 11.6 Å². The van der Waals surface area contributed by atoms with E-state index < -0.39 is 0 Å². The summed E-state index contributed by atoms with van der Waals surface area (Å²) in [6, 6.07) is 0.157. The fourth-order valence-electron chi connectivity index (χ4n) is 3.79. The first-order valence-corrected chi connectivity index (χ1v) is 12.2. The van der Waals surface area contributed by atoms with Crippen molar-refractivity contribution in [2.45, 2.75) is 64.5 Å². The van der Waals surface area contributed by atoms with E-state index >= 15 is 0 Å². The minimum Gasteiger partial charge on any atom is -0.395 e. The molecule has 0 spiro atoms. The zero-order valence-electron chi connectivity index (χ0n) is 20.8. The lowest BCUT2D eigenvalue weighted by Gasteiger charge is -2.16. The van der Waals surface area contributed by atoms with E-state index in [1.54, 1.807) is 0 Å². The predicted molar refractivity (Wildman–Crippen MR) is 141 cm³/mol. The molecule has 0 aliphatic heterocycles. The highest BCUT2D eigenvalue weighted by molar-refractivity contribution is 5.74. The van der Waals surface area contributed by atoms with Gasteiger partial charge in [-0.05, 0) is 37.3 Å². The predicted octanol–water partition coefficient (Wildman–Crippen LogP) is 1.48. The monoisotopic (exact) mass is 484 g/mol. The van der Waals surface area contributed by atoms with E-state index in [1.807, 2.05) is 12.2 Å². The van der Waals surface area contributed by atoms with Crippen LogP contribution in [0.1, 0.15) is 62.0 Å². The summed E-state index contributed by atoms with van der Waals surface area (Å²) in [5.74, 6) is 1.17. The average molecular weight is 485 g/mol. The maximum Gasteiger partial charge on any atom is 0.130 e. The molecule has 2 aliphatic carbocycles. The van der Waals surface area contributed by atoms with Gasteiger partial charge in [0.2, 0.25) is 0 Å². The van der Waals surface area contributed by atoms with Gasteiger partial charge in [-0.1, -0.05) is 38.8 Å². The molecule has 0 bridgehead atoms. The summed E-state index contributed by atoms with van der Waals surface area (Å²) in [6.45, 7) is 5.17. The number of hydrogen-bond acceptors (Lipinski definition) is 10. The van der Waals surface area contributed by atoms with Gasteiger partial charge in [0.15, 0.2) is 0 Å². The summed E-state index contributed by atoms with van der Waals surface area (Å²) >= 11 is 0. The standard InChI is InChI=1S/C13H20N4O.C7H7N3.C5H13NO/c1-2-3-10(7-18)15-6-9-4-5-11-12(9)16-8-17-13(11)14;8-7-5-2-1-3-6(5)9-4-10-7;1-2-3-5(6)4-7/h4,8,10,15,18H,2-3,5-7H2,1H3,(H2,14,16,17);1,3-4H,2H2,(H2,8,9,10);5,7H,2-4,6H2,1H3/t10-;;5-/m0.0/s1. The Labute approximate surface area is 207 Å². The van der Waals surface area contributed by atoms with Gasteiger partial charge in [-0.15, -0.1) is 0 Å². The van der Waals surface area contributed by atoms with E-state index in [1.165, 1.54) is 12.7 Å². The number of fused-ring (bicyclic) bond motifs is 2. The van der Waals surface area contributed by atoms with Crippen LogP contribution in [-0.4, -0.2) is 62.0 Å². The SMILES string of the molecule is CCC[C@@H](CO)NCC1=CCc2c(N)ncnc21.CCC[C@H](N)CO.Nc1ncnc2c1CC=C2. The van der Waals surface area contributed by atoms with Crippen molar-refractivity contribution in [2.24, 2.45) is 5.73 Å². The van der Waals surface area contributed by atoms with E-state index in [9.17, 15) is 5.11 Å². The minimum absolute atomic E-state index is 0.00463. The number of allylic oxidation sites excluding steroid dienone is 2. The molecule has 2 atom stereocenters. The molecule has 2 aromatic heterocycles. The van der Waals surface area contributed by atoms with Crippen LogP contribution in [0.3, 0.4) is 0 Å². The maximum absolute atomic E-state index is 9.24. The van der Waals surface area contributed by atoms with Crippen LogP contribution in [0, 0.1) is 0 Å². The van der Waals surface area contributed by atoms with Gasteiger partial charge in [0.05, 0.1) is 24.6 Å². The molecule has 4 rings (SSSR count). The number of rotatable bonds is 9. The van der Waals surface area contributed by atoms with Gasteiger partial charge < -0.3 is 32.7 Å². The lowest BCUT2D eigenvalue weighted by atomic mass is 10.1. The topological polar surface area (TPSA) is 182 Å². The molecule has 0 unspecified atom stereocenters. The number of nitrogens with zero attached hydrogens (tertiary/aromatic N) is 4. The van der Waals surface area contributed by atoms with E-state index in [-0.39, 0.29) is 25.3 Å². The number of nitrogens with one attached hydrogen (secondary N) is 1. The summed E-state index contributed by atoms with van der Waals surface area (Å²) in [6.07, 6.45) is 14.8. The Bertz CT molecular complexity index is 980. The van der Waals surface area contributed by atoms with Gasteiger partial charge in [-0.2, -0.15) is 0 Å². The third-order valence-electron chi connectivity index (χ3n) is 5.78. The molecule has 2 aliphatic rings. The first kappa shape index (κ1) is 28.3. The molecule has 0 fully saturated rings. The fourth-order valence-corrected chi connectivity index (χ4v) is 3.79. The lowest BCUT2D eigenvalue weighted by molar-refractivity contribution is 0.239. The van der Waals surface area contributed by atoms with Gasteiger partial charge in [0, 0.05) is 29.8 Å². The largest absolute Gasteiger partial charge is 0.395 e. The zero-order valence-corrected chi connectivity index (χ0v) is 20.8. The highest BCUT2D eigenvalue weighted by atomic mass is 16.3. The first-order valence-electron chi connectivity index (χ1n) is 12.2. The molecule has 2 aromatic rings. The average Bonchev–Trinajstić information content (AvgIpc) is 3.51. The van der Waals surface area contributed by atoms with Crippen molar-refractivity contribution < 1.29 is 10.2 Å². The van der Waals surface area contributed by atoms with E-state index in [0.717, 1.165) is 66.6 Å². The Morgan fingerprint density at radius 2 is 1.60 bits per heavy atom. The summed E-state index contributed by atoms with van der Waals surface area (Å²) in [5, 5.41) is 20.9. The van der Waals surface area contributed by atoms with Gasteiger partial charge in [-0.3, -0.25) is 0 Å². The number of nitrogens with two attached hydrogens (primary N) is 3. The molecular formula is C25H40N8O2. The highest BCUT2D eigenvalue weighted by Crippen LogP contribution is 2.27.